The Bertz CT molecular complexity index is 1700. The van der Waals surface area contributed by atoms with Crippen molar-refractivity contribution >= 4 is 28.5 Å². The lowest BCUT2D eigenvalue weighted by molar-refractivity contribution is 0.0600. The van der Waals surface area contributed by atoms with E-state index in [1.54, 1.807) is 60.7 Å². The highest BCUT2D eigenvalue weighted by Gasteiger charge is 2.21. The number of carbonyl (C=O) groups is 1. The van der Waals surface area contributed by atoms with Gasteiger partial charge in [-0.2, -0.15) is 4.98 Å². The number of aromatic nitrogens is 4. The predicted molar refractivity (Wildman–Crippen MR) is 129 cm³/mol. The molecule has 5 rings (SSSR count). The Hall–Kier alpha value is -4.50. The molecule has 0 saturated carbocycles. The fourth-order valence-corrected chi connectivity index (χ4v) is 4.03. The summed E-state index contributed by atoms with van der Waals surface area (Å²) in [7, 11) is 1.23. The van der Waals surface area contributed by atoms with Crippen LogP contribution in [-0.4, -0.2) is 32.4 Å². The number of rotatable bonds is 5. The van der Waals surface area contributed by atoms with Crippen LogP contribution in [0.15, 0.2) is 86.9 Å². The quantitative estimate of drug-likeness (QED) is 0.347. The molecule has 0 saturated heterocycles. The Balaban J connectivity index is 1.69. The van der Waals surface area contributed by atoms with E-state index in [4.69, 9.17) is 20.9 Å². The van der Waals surface area contributed by atoms with E-state index in [0.29, 0.717) is 21.9 Å². The van der Waals surface area contributed by atoms with Gasteiger partial charge >= 0.3 is 11.7 Å². The van der Waals surface area contributed by atoms with Gasteiger partial charge in [0.1, 0.15) is 6.54 Å². The van der Waals surface area contributed by atoms with Crippen molar-refractivity contribution in [2.45, 2.75) is 6.54 Å². The lowest BCUT2D eigenvalue weighted by Gasteiger charge is -2.14. The van der Waals surface area contributed by atoms with Crippen LogP contribution in [0.1, 0.15) is 16.2 Å². The van der Waals surface area contributed by atoms with E-state index < -0.39 is 17.2 Å². The number of ether oxygens (including phenoxy) is 1. The lowest BCUT2D eigenvalue weighted by Crippen LogP contribution is -2.40. The highest BCUT2D eigenvalue weighted by Crippen LogP contribution is 2.21. The molecule has 10 heteroatoms. The average molecular weight is 489 g/mol. The van der Waals surface area contributed by atoms with Gasteiger partial charge in [0.15, 0.2) is 0 Å². The summed E-state index contributed by atoms with van der Waals surface area (Å²) < 4.78 is 12.5. The summed E-state index contributed by atoms with van der Waals surface area (Å²) in [6.45, 7) is -0.104. The topological polar surface area (TPSA) is 109 Å². The Labute approximate surface area is 202 Å². The fraction of sp³-hybridized carbons (Fsp3) is 0.0800. The number of esters is 1. The van der Waals surface area contributed by atoms with Gasteiger partial charge in [-0.05, 0) is 36.4 Å². The number of hydrogen-bond donors (Lipinski definition) is 0. The molecule has 0 spiro atoms. The van der Waals surface area contributed by atoms with Crippen LogP contribution in [-0.2, 0) is 11.3 Å². The molecule has 35 heavy (non-hydrogen) atoms. The minimum absolute atomic E-state index is 0.0806. The molecule has 0 fully saturated rings. The molecule has 174 valence electrons. The van der Waals surface area contributed by atoms with Crippen molar-refractivity contribution in [1.82, 2.24) is 19.3 Å². The number of halogens is 1. The van der Waals surface area contributed by atoms with Crippen molar-refractivity contribution in [2.24, 2.45) is 0 Å². The second-order valence-corrected chi connectivity index (χ2v) is 7.99. The van der Waals surface area contributed by atoms with Crippen molar-refractivity contribution in [3.63, 3.8) is 0 Å². The summed E-state index contributed by atoms with van der Waals surface area (Å²) >= 11 is 6.06. The molecular formula is C25H17ClN4O5. The van der Waals surface area contributed by atoms with Crippen LogP contribution >= 0.6 is 11.6 Å². The number of para-hydroxylation sites is 2. The summed E-state index contributed by atoms with van der Waals surface area (Å²) in [5.41, 5.74) is -0.00884. The summed E-state index contributed by atoms with van der Waals surface area (Å²) in [6, 6.07) is 19.9. The maximum Gasteiger partial charge on any atom is 0.339 e. The van der Waals surface area contributed by atoms with Crippen LogP contribution in [0, 0.1) is 0 Å². The van der Waals surface area contributed by atoms with E-state index in [0.717, 1.165) is 4.57 Å². The molecule has 0 aliphatic carbocycles. The van der Waals surface area contributed by atoms with E-state index in [2.05, 4.69) is 10.1 Å². The first-order chi connectivity index (χ1) is 17.0. The van der Waals surface area contributed by atoms with Crippen molar-refractivity contribution in [1.29, 1.82) is 0 Å². The summed E-state index contributed by atoms with van der Waals surface area (Å²) in [5.74, 6) is -0.211. The molecule has 0 atom stereocenters. The molecule has 0 radical (unpaired) electrons. The highest BCUT2D eigenvalue weighted by molar-refractivity contribution is 6.30. The second-order valence-electron chi connectivity index (χ2n) is 7.56. The molecule has 9 nitrogen and oxygen atoms in total. The first-order valence-electron chi connectivity index (χ1n) is 10.5. The van der Waals surface area contributed by atoms with E-state index in [-0.39, 0.29) is 29.1 Å². The van der Waals surface area contributed by atoms with E-state index in [9.17, 15) is 14.4 Å². The number of fused-ring (bicyclic) bond motifs is 1. The SMILES string of the molecule is COC(=O)c1ccccc1-n1c(=O)c2ccccc2n(Cc2nc(-c3cccc(Cl)c3)no2)c1=O. The van der Waals surface area contributed by atoms with E-state index >= 15 is 0 Å². The standard InChI is InChI=1S/C25H17ClN4O5/c1-34-24(32)18-10-3-5-12-20(18)30-23(31)17-9-2-4-11-19(17)29(25(30)33)14-21-27-22(28-35-21)15-7-6-8-16(26)13-15/h2-13H,14H2,1H3. The zero-order chi connectivity index (χ0) is 24.5. The van der Waals surface area contributed by atoms with Crippen molar-refractivity contribution in [3.05, 3.63) is 110 Å². The van der Waals surface area contributed by atoms with Gasteiger partial charge < -0.3 is 9.26 Å². The van der Waals surface area contributed by atoms with Gasteiger partial charge in [0, 0.05) is 10.6 Å². The summed E-state index contributed by atoms with van der Waals surface area (Å²) in [4.78, 5) is 43.8. The van der Waals surface area contributed by atoms with Gasteiger partial charge in [-0.1, -0.05) is 53.2 Å². The predicted octanol–water partition coefficient (Wildman–Crippen LogP) is 3.69. The molecule has 0 bridgehead atoms. The molecule has 0 aliphatic heterocycles. The smallest absolute Gasteiger partial charge is 0.339 e. The number of methoxy groups -OCH3 is 1. The number of hydrogen-bond acceptors (Lipinski definition) is 7. The van der Waals surface area contributed by atoms with Crippen LogP contribution in [0.5, 0.6) is 0 Å². The minimum atomic E-state index is -0.674. The molecule has 3 aromatic carbocycles. The van der Waals surface area contributed by atoms with Crippen molar-refractivity contribution in [3.8, 4) is 17.1 Å². The number of nitrogens with zero attached hydrogens (tertiary/aromatic N) is 4. The van der Waals surface area contributed by atoms with Gasteiger partial charge in [-0.3, -0.25) is 9.36 Å². The average Bonchev–Trinajstić information content (AvgIpc) is 3.35. The first kappa shape index (κ1) is 22.3. The minimum Gasteiger partial charge on any atom is -0.465 e. The number of benzene rings is 3. The van der Waals surface area contributed by atoms with Crippen molar-refractivity contribution in [2.75, 3.05) is 7.11 Å². The third-order valence-corrected chi connectivity index (χ3v) is 5.68. The zero-order valence-corrected chi connectivity index (χ0v) is 19.1. The maximum atomic E-state index is 13.7. The first-order valence-corrected chi connectivity index (χ1v) is 10.9. The Morgan fingerprint density at radius 2 is 1.80 bits per heavy atom. The molecule has 0 unspecified atom stereocenters. The van der Waals surface area contributed by atoms with Gasteiger partial charge in [-0.15, -0.1) is 0 Å². The third kappa shape index (κ3) is 4.02. The van der Waals surface area contributed by atoms with Crippen LogP contribution in [0.3, 0.4) is 0 Å². The Kier molecular flexibility index (Phi) is 5.76. The molecule has 0 amide bonds. The largest absolute Gasteiger partial charge is 0.465 e. The van der Waals surface area contributed by atoms with Gasteiger partial charge in [0.05, 0.1) is 29.3 Å². The Morgan fingerprint density at radius 1 is 1.03 bits per heavy atom. The zero-order valence-electron chi connectivity index (χ0n) is 18.3. The molecule has 0 N–H and O–H groups in total. The number of carbonyl (C=O) groups excluding carboxylic acids is 1. The van der Waals surface area contributed by atoms with Crippen LogP contribution in [0.2, 0.25) is 5.02 Å². The molecule has 2 heterocycles. The van der Waals surface area contributed by atoms with Crippen LogP contribution in [0.4, 0.5) is 0 Å². The Morgan fingerprint density at radius 3 is 2.60 bits per heavy atom. The molecular weight excluding hydrogens is 472 g/mol. The molecule has 0 aliphatic rings. The lowest BCUT2D eigenvalue weighted by atomic mass is 10.1. The fourth-order valence-electron chi connectivity index (χ4n) is 3.84. The van der Waals surface area contributed by atoms with Gasteiger partial charge in [0.2, 0.25) is 11.7 Å². The third-order valence-electron chi connectivity index (χ3n) is 5.45. The second kappa shape index (κ2) is 9.03. The van der Waals surface area contributed by atoms with Crippen molar-refractivity contribution < 1.29 is 14.1 Å². The molecule has 2 aromatic heterocycles. The highest BCUT2D eigenvalue weighted by atomic mass is 35.5. The normalized spacial score (nSPS) is 11.0. The summed E-state index contributed by atoms with van der Waals surface area (Å²) in [6.07, 6.45) is 0. The van der Waals surface area contributed by atoms with E-state index in [1.165, 1.54) is 23.8 Å². The van der Waals surface area contributed by atoms with Crippen LogP contribution < -0.4 is 11.2 Å². The van der Waals surface area contributed by atoms with Gasteiger partial charge in [0.25, 0.3) is 5.56 Å². The summed E-state index contributed by atoms with van der Waals surface area (Å²) in [5, 5.41) is 4.79. The van der Waals surface area contributed by atoms with Gasteiger partial charge in [-0.25, -0.2) is 14.2 Å². The maximum absolute atomic E-state index is 13.7. The molecule has 5 aromatic rings. The monoisotopic (exact) mass is 488 g/mol. The van der Waals surface area contributed by atoms with E-state index in [1.807, 2.05) is 0 Å². The van der Waals surface area contributed by atoms with Crippen LogP contribution in [0.25, 0.3) is 28.0 Å².